The summed E-state index contributed by atoms with van der Waals surface area (Å²) in [5, 5.41) is 0. The molecule has 0 saturated heterocycles. The Labute approximate surface area is 335 Å². The molecule has 0 atom stereocenters. The molecule has 6 nitrogen and oxygen atoms in total. The lowest BCUT2D eigenvalue weighted by atomic mass is 9.62. The Hall–Kier alpha value is -7.83. The molecule has 1 aliphatic heterocycles. The summed E-state index contributed by atoms with van der Waals surface area (Å²) in [5.41, 5.74) is 12.8. The van der Waals surface area contributed by atoms with Crippen LogP contribution in [0, 0.1) is 0 Å². The maximum Gasteiger partial charge on any atom is 0.164 e. The zero-order valence-corrected chi connectivity index (χ0v) is 31.2. The average Bonchev–Trinajstić information content (AvgIpc) is 3.44. The van der Waals surface area contributed by atoms with Crippen LogP contribution in [0.4, 0.5) is 0 Å². The van der Waals surface area contributed by atoms with Gasteiger partial charge in [-0.25, -0.2) is 15.0 Å². The maximum atomic E-state index is 6.64. The monoisotopic (exact) mass is 743 g/mol. The van der Waals surface area contributed by atoms with Gasteiger partial charge in [0.05, 0.1) is 5.41 Å². The molecule has 0 radical (unpaired) electrons. The summed E-state index contributed by atoms with van der Waals surface area (Å²) in [6.45, 7) is 0. The van der Waals surface area contributed by atoms with E-state index in [9.17, 15) is 0 Å². The van der Waals surface area contributed by atoms with Gasteiger partial charge in [0.2, 0.25) is 0 Å². The average molecular weight is 744 g/mol. The Kier molecular flexibility index (Phi) is 7.93. The van der Waals surface area contributed by atoms with Crippen LogP contribution in [0.15, 0.2) is 189 Å². The first kappa shape index (κ1) is 33.5. The summed E-state index contributed by atoms with van der Waals surface area (Å²) in [6.07, 6.45) is 11.8. The van der Waals surface area contributed by atoms with Gasteiger partial charge in [-0.15, -0.1) is 0 Å². The molecule has 0 bridgehead atoms. The van der Waals surface area contributed by atoms with E-state index in [2.05, 4.69) is 150 Å². The highest BCUT2D eigenvalue weighted by atomic mass is 16.5. The SMILES string of the molecule is C1=Cc2ccc(-c3nc(-c4cccc(-c5cccnc5)c4)nc(-c4cccc(-c5cccnc5)c4)n3)cc2C2(c3ccccc31)c1ccccc1Oc1ccccc12. The van der Waals surface area contributed by atoms with Crippen molar-refractivity contribution >= 4 is 12.2 Å². The maximum absolute atomic E-state index is 6.64. The van der Waals surface area contributed by atoms with E-state index in [0.717, 1.165) is 78.3 Å². The molecule has 4 heterocycles. The highest BCUT2D eigenvalue weighted by Gasteiger charge is 2.47. The van der Waals surface area contributed by atoms with Crippen molar-refractivity contribution in [3.63, 3.8) is 0 Å². The van der Waals surface area contributed by atoms with E-state index in [1.54, 1.807) is 12.4 Å². The Balaban J connectivity index is 1.16. The second kappa shape index (κ2) is 13.7. The van der Waals surface area contributed by atoms with Crippen molar-refractivity contribution in [2.45, 2.75) is 5.41 Å². The normalized spacial score (nSPS) is 13.0. The highest BCUT2D eigenvalue weighted by molar-refractivity contribution is 5.85. The minimum absolute atomic E-state index is 0.576. The summed E-state index contributed by atoms with van der Waals surface area (Å²) >= 11 is 0. The summed E-state index contributed by atoms with van der Waals surface area (Å²) in [4.78, 5) is 24.4. The first-order valence-electron chi connectivity index (χ1n) is 19.3. The molecule has 1 spiro atoms. The molecular formula is C52H33N5O. The van der Waals surface area contributed by atoms with E-state index < -0.39 is 5.41 Å². The van der Waals surface area contributed by atoms with E-state index in [1.165, 1.54) is 5.56 Å². The van der Waals surface area contributed by atoms with Gasteiger partial charge in [0, 0.05) is 63.7 Å². The number of fused-ring (bicyclic) bond motifs is 8. The van der Waals surface area contributed by atoms with Gasteiger partial charge in [0.1, 0.15) is 11.5 Å². The number of hydrogen-bond acceptors (Lipinski definition) is 6. The second-order valence-electron chi connectivity index (χ2n) is 14.5. The number of benzene rings is 6. The van der Waals surface area contributed by atoms with Gasteiger partial charge in [0.25, 0.3) is 0 Å². The fourth-order valence-electron chi connectivity index (χ4n) is 8.55. The highest BCUT2D eigenvalue weighted by Crippen LogP contribution is 2.58. The van der Waals surface area contributed by atoms with Crippen LogP contribution in [0.25, 0.3) is 68.6 Å². The van der Waals surface area contributed by atoms with Gasteiger partial charge in [0.15, 0.2) is 17.5 Å². The summed E-state index contributed by atoms with van der Waals surface area (Å²) in [5.74, 6) is 3.40. The molecule has 0 saturated carbocycles. The topological polar surface area (TPSA) is 73.7 Å². The number of ether oxygens (including phenoxy) is 1. The first-order chi connectivity index (χ1) is 28.7. The Morgan fingerprint density at radius 2 is 0.810 bits per heavy atom. The molecule has 0 N–H and O–H groups in total. The van der Waals surface area contributed by atoms with Gasteiger partial charge < -0.3 is 4.74 Å². The van der Waals surface area contributed by atoms with Crippen LogP contribution in [-0.4, -0.2) is 24.9 Å². The molecule has 6 heteroatoms. The van der Waals surface area contributed by atoms with E-state index >= 15 is 0 Å². The predicted molar refractivity (Wildman–Crippen MR) is 230 cm³/mol. The van der Waals surface area contributed by atoms with Gasteiger partial charge in [-0.3, -0.25) is 9.97 Å². The van der Waals surface area contributed by atoms with Crippen molar-refractivity contribution in [1.82, 2.24) is 24.9 Å². The molecule has 11 rings (SSSR count). The molecule has 6 aromatic carbocycles. The van der Waals surface area contributed by atoms with Crippen molar-refractivity contribution in [3.05, 3.63) is 222 Å². The van der Waals surface area contributed by atoms with Crippen LogP contribution in [0.3, 0.4) is 0 Å². The van der Waals surface area contributed by atoms with Crippen LogP contribution >= 0.6 is 0 Å². The minimum atomic E-state index is -0.703. The molecule has 58 heavy (non-hydrogen) atoms. The van der Waals surface area contributed by atoms with Gasteiger partial charge >= 0.3 is 0 Å². The molecule has 3 aromatic heterocycles. The van der Waals surface area contributed by atoms with Gasteiger partial charge in [-0.1, -0.05) is 133 Å². The molecule has 9 aromatic rings. The van der Waals surface area contributed by atoms with Crippen molar-refractivity contribution in [2.75, 3.05) is 0 Å². The third-order valence-corrected chi connectivity index (χ3v) is 11.2. The molecule has 0 fully saturated rings. The van der Waals surface area contributed by atoms with E-state index in [4.69, 9.17) is 19.7 Å². The number of pyridine rings is 2. The molecule has 0 amide bonds. The molecule has 272 valence electrons. The number of hydrogen-bond donors (Lipinski definition) is 0. The zero-order valence-electron chi connectivity index (χ0n) is 31.2. The van der Waals surface area contributed by atoms with Crippen molar-refractivity contribution in [3.8, 4) is 67.9 Å². The van der Waals surface area contributed by atoms with E-state index in [1.807, 2.05) is 48.8 Å². The smallest absolute Gasteiger partial charge is 0.164 e. The summed E-state index contributed by atoms with van der Waals surface area (Å²) in [7, 11) is 0. The fraction of sp³-hybridized carbons (Fsp3) is 0.0192. The van der Waals surface area contributed by atoms with Crippen LogP contribution < -0.4 is 4.74 Å². The van der Waals surface area contributed by atoms with Crippen LogP contribution in [0.2, 0.25) is 0 Å². The lowest BCUT2D eigenvalue weighted by molar-refractivity contribution is 0.434. The number of nitrogens with zero attached hydrogens (tertiary/aromatic N) is 5. The summed E-state index contributed by atoms with van der Waals surface area (Å²) in [6, 6.07) is 56.8. The molecule has 2 aliphatic rings. The lowest BCUT2D eigenvalue weighted by Gasteiger charge is -2.42. The Bertz CT molecular complexity index is 2900. The number of rotatable bonds is 5. The lowest BCUT2D eigenvalue weighted by Crippen LogP contribution is -2.35. The standard InChI is InChI=1S/C52H33N5O/c1-2-18-43-34(11-1)23-24-35-25-26-40(31-46(35)52(43)44-19-3-5-21-47(44)58-48-22-6-4-20-45(48)52)51-56-49(38-14-7-12-36(29-38)41-16-9-27-53-32-41)55-50(57-51)39-15-8-13-37(30-39)42-17-10-28-54-33-42/h1-33H. The fourth-order valence-corrected chi connectivity index (χ4v) is 8.55. The Morgan fingerprint density at radius 3 is 1.36 bits per heavy atom. The van der Waals surface area contributed by atoms with Crippen molar-refractivity contribution in [1.29, 1.82) is 0 Å². The van der Waals surface area contributed by atoms with Gasteiger partial charge in [-0.05, 0) is 75.8 Å². The second-order valence-corrected chi connectivity index (χ2v) is 14.5. The first-order valence-corrected chi connectivity index (χ1v) is 19.3. The van der Waals surface area contributed by atoms with Gasteiger partial charge in [-0.2, -0.15) is 0 Å². The van der Waals surface area contributed by atoms with E-state index in [0.29, 0.717) is 17.5 Å². The minimum Gasteiger partial charge on any atom is -0.457 e. The van der Waals surface area contributed by atoms with Crippen LogP contribution in [-0.2, 0) is 5.41 Å². The molecule has 0 unspecified atom stereocenters. The van der Waals surface area contributed by atoms with Crippen molar-refractivity contribution in [2.24, 2.45) is 0 Å². The number of aromatic nitrogens is 5. The largest absolute Gasteiger partial charge is 0.457 e. The third-order valence-electron chi connectivity index (χ3n) is 11.2. The van der Waals surface area contributed by atoms with Crippen LogP contribution in [0.5, 0.6) is 11.5 Å². The zero-order chi connectivity index (χ0) is 38.5. The Morgan fingerprint density at radius 1 is 0.345 bits per heavy atom. The predicted octanol–water partition coefficient (Wildman–Crippen LogP) is 12.0. The van der Waals surface area contributed by atoms with E-state index in [-0.39, 0.29) is 0 Å². The quantitative estimate of drug-likeness (QED) is 0.175. The van der Waals surface area contributed by atoms with Crippen molar-refractivity contribution < 1.29 is 4.74 Å². The molecular weight excluding hydrogens is 711 g/mol. The third kappa shape index (κ3) is 5.53. The summed E-state index contributed by atoms with van der Waals surface area (Å²) < 4.78 is 6.64. The number of para-hydroxylation sites is 2. The molecule has 1 aliphatic carbocycles. The van der Waals surface area contributed by atoms with Crippen LogP contribution in [0.1, 0.15) is 33.4 Å².